The molecule has 0 N–H and O–H groups in total. The lowest BCUT2D eigenvalue weighted by Gasteiger charge is -2.11. The summed E-state index contributed by atoms with van der Waals surface area (Å²) in [6, 6.07) is 5.21. The lowest BCUT2D eigenvalue weighted by molar-refractivity contribution is -0.122. The molecule has 0 amide bonds. The molecule has 1 aromatic rings. The van der Waals surface area contributed by atoms with Crippen LogP contribution in [-0.2, 0) is 4.79 Å². The molecule has 0 fully saturated rings. The smallest absolute Gasteiger partial charge is 0.169 e. The maximum atomic E-state index is 10.9. The van der Waals surface area contributed by atoms with Gasteiger partial charge in [0, 0.05) is 4.47 Å². The molecule has 0 aliphatic rings. The summed E-state index contributed by atoms with van der Waals surface area (Å²) in [6.45, 7) is 3.20. The van der Waals surface area contributed by atoms with E-state index in [1.807, 2.05) is 0 Å². The van der Waals surface area contributed by atoms with Crippen LogP contribution < -0.4 is 4.74 Å². The third kappa shape index (κ3) is 3.00. The minimum Gasteiger partial charge on any atom is -0.483 e. The van der Waals surface area contributed by atoms with E-state index in [0.717, 1.165) is 4.47 Å². The van der Waals surface area contributed by atoms with Crippen LogP contribution in [0.3, 0.4) is 0 Å². The predicted molar refractivity (Wildman–Crippen MR) is 59.9 cm³/mol. The van der Waals surface area contributed by atoms with Crippen molar-refractivity contribution < 1.29 is 9.53 Å². The van der Waals surface area contributed by atoms with Gasteiger partial charge in [0.05, 0.1) is 5.02 Å². The number of Topliss-reactive ketones (excluding diaryl/α,β-unsaturated/α-hetero) is 1. The number of hydrogen-bond donors (Lipinski definition) is 0. The minimum absolute atomic E-state index is 0.0101. The molecule has 0 aliphatic heterocycles. The molecule has 0 aromatic heterocycles. The Balaban J connectivity index is 2.78. The summed E-state index contributed by atoms with van der Waals surface area (Å²) in [7, 11) is 0. The molecule has 1 unspecified atom stereocenters. The number of rotatable bonds is 3. The Labute approximate surface area is 96.3 Å². The summed E-state index contributed by atoms with van der Waals surface area (Å²) >= 11 is 9.14. The van der Waals surface area contributed by atoms with Crippen molar-refractivity contribution in [2.24, 2.45) is 0 Å². The van der Waals surface area contributed by atoms with E-state index in [2.05, 4.69) is 15.9 Å². The highest BCUT2D eigenvalue weighted by atomic mass is 79.9. The highest BCUT2D eigenvalue weighted by Crippen LogP contribution is 2.27. The van der Waals surface area contributed by atoms with Crippen molar-refractivity contribution in [2.45, 2.75) is 20.0 Å². The molecule has 1 atom stereocenters. The van der Waals surface area contributed by atoms with Crippen molar-refractivity contribution in [3.05, 3.63) is 27.7 Å². The third-order valence-corrected chi connectivity index (χ3v) is 3.01. The van der Waals surface area contributed by atoms with Gasteiger partial charge < -0.3 is 4.74 Å². The Morgan fingerprint density at radius 3 is 2.71 bits per heavy atom. The van der Waals surface area contributed by atoms with Crippen molar-refractivity contribution >= 4 is 33.3 Å². The summed E-state index contributed by atoms with van der Waals surface area (Å²) in [5, 5.41) is 0.568. The molecule has 0 heterocycles. The summed E-state index contributed by atoms with van der Waals surface area (Å²) in [4.78, 5) is 10.9. The standard InChI is InChI=1S/C10H10BrClO2/c1-6(13)7(2)14-8-3-4-9(11)10(12)5-8/h3-5,7H,1-2H3. The number of carbonyl (C=O) groups excluding carboxylic acids is 1. The fraction of sp³-hybridized carbons (Fsp3) is 0.300. The van der Waals surface area contributed by atoms with Crippen LogP contribution >= 0.6 is 27.5 Å². The maximum absolute atomic E-state index is 10.9. The van der Waals surface area contributed by atoms with Gasteiger partial charge in [-0.2, -0.15) is 0 Å². The van der Waals surface area contributed by atoms with Gasteiger partial charge >= 0.3 is 0 Å². The van der Waals surface area contributed by atoms with E-state index in [-0.39, 0.29) is 5.78 Å². The van der Waals surface area contributed by atoms with Gasteiger partial charge in [0.15, 0.2) is 11.9 Å². The van der Waals surface area contributed by atoms with Gasteiger partial charge in [0.1, 0.15) is 5.75 Å². The van der Waals surface area contributed by atoms with Crippen molar-refractivity contribution in [1.29, 1.82) is 0 Å². The van der Waals surface area contributed by atoms with E-state index in [1.165, 1.54) is 6.92 Å². The van der Waals surface area contributed by atoms with E-state index in [4.69, 9.17) is 16.3 Å². The lowest BCUT2D eigenvalue weighted by atomic mass is 10.3. The van der Waals surface area contributed by atoms with Crippen LogP contribution in [0.5, 0.6) is 5.75 Å². The van der Waals surface area contributed by atoms with Crippen LogP contribution in [0, 0.1) is 0 Å². The first-order valence-electron chi connectivity index (χ1n) is 4.13. The summed E-state index contributed by atoms with van der Waals surface area (Å²) < 4.78 is 6.16. The average Bonchev–Trinajstić information content (AvgIpc) is 2.11. The molecule has 1 aromatic carbocycles. The third-order valence-electron chi connectivity index (χ3n) is 1.78. The highest BCUT2D eigenvalue weighted by Gasteiger charge is 2.09. The second-order valence-electron chi connectivity index (χ2n) is 2.95. The van der Waals surface area contributed by atoms with Crippen molar-refractivity contribution in [3.63, 3.8) is 0 Å². The first-order chi connectivity index (χ1) is 6.50. The molecule has 2 nitrogen and oxygen atoms in total. The van der Waals surface area contributed by atoms with E-state index in [9.17, 15) is 4.79 Å². The zero-order valence-corrected chi connectivity index (χ0v) is 10.2. The molecular weight excluding hydrogens is 267 g/mol. The molecule has 0 aliphatic carbocycles. The molecule has 76 valence electrons. The predicted octanol–water partition coefficient (Wildman–Crippen LogP) is 3.46. The number of ether oxygens (including phenoxy) is 1. The number of halogens is 2. The molecule has 0 radical (unpaired) electrons. The number of benzene rings is 1. The lowest BCUT2D eigenvalue weighted by Crippen LogP contribution is -2.20. The zero-order chi connectivity index (χ0) is 10.7. The molecule has 4 heteroatoms. The highest BCUT2D eigenvalue weighted by molar-refractivity contribution is 9.10. The normalized spacial score (nSPS) is 12.3. The fourth-order valence-corrected chi connectivity index (χ4v) is 1.25. The van der Waals surface area contributed by atoms with Gasteiger partial charge in [-0.05, 0) is 48.0 Å². The van der Waals surface area contributed by atoms with E-state index in [1.54, 1.807) is 25.1 Å². The quantitative estimate of drug-likeness (QED) is 0.846. The second kappa shape index (κ2) is 4.80. The van der Waals surface area contributed by atoms with Crippen LogP contribution in [0.25, 0.3) is 0 Å². The summed E-state index contributed by atoms with van der Waals surface area (Å²) in [5.74, 6) is 0.588. The van der Waals surface area contributed by atoms with Gasteiger partial charge in [0.2, 0.25) is 0 Å². The molecule has 0 bridgehead atoms. The Morgan fingerprint density at radius 2 is 2.21 bits per heavy atom. The Morgan fingerprint density at radius 1 is 1.57 bits per heavy atom. The maximum Gasteiger partial charge on any atom is 0.169 e. The SMILES string of the molecule is CC(=O)C(C)Oc1ccc(Br)c(Cl)c1. The molecule has 0 saturated carbocycles. The fourth-order valence-electron chi connectivity index (χ4n) is 0.837. The van der Waals surface area contributed by atoms with Gasteiger partial charge in [-0.15, -0.1) is 0 Å². The van der Waals surface area contributed by atoms with Crippen molar-refractivity contribution in [2.75, 3.05) is 0 Å². The Kier molecular flexibility index (Phi) is 3.96. The second-order valence-corrected chi connectivity index (χ2v) is 4.21. The Bertz CT molecular complexity index is 352. The summed E-state index contributed by atoms with van der Waals surface area (Å²) in [5.41, 5.74) is 0. The number of carbonyl (C=O) groups is 1. The monoisotopic (exact) mass is 276 g/mol. The van der Waals surface area contributed by atoms with Gasteiger partial charge in [0.25, 0.3) is 0 Å². The van der Waals surface area contributed by atoms with Crippen LogP contribution in [0.1, 0.15) is 13.8 Å². The van der Waals surface area contributed by atoms with Gasteiger partial charge in [-0.3, -0.25) is 4.79 Å². The molecule has 1 rings (SSSR count). The van der Waals surface area contributed by atoms with Crippen molar-refractivity contribution in [1.82, 2.24) is 0 Å². The first kappa shape index (κ1) is 11.5. The topological polar surface area (TPSA) is 26.3 Å². The van der Waals surface area contributed by atoms with Crippen LogP contribution in [-0.4, -0.2) is 11.9 Å². The van der Waals surface area contributed by atoms with Crippen LogP contribution in [0.4, 0.5) is 0 Å². The first-order valence-corrected chi connectivity index (χ1v) is 5.30. The molecule has 14 heavy (non-hydrogen) atoms. The van der Waals surface area contributed by atoms with E-state index < -0.39 is 6.10 Å². The van der Waals surface area contributed by atoms with E-state index >= 15 is 0 Å². The summed E-state index contributed by atoms with van der Waals surface area (Å²) in [6.07, 6.45) is -0.438. The van der Waals surface area contributed by atoms with Crippen LogP contribution in [0.2, 0.25) is 5.02 Å². The largest absolute Gasteiger partial charge is 0.483 e. The molecular formula is C10H10BrClO2. The molecule has 0 saturated heterocycles. The number of hydrogen-bond acceptors (Lipinski definition) is 2. The van der Waals surface area contributed by atoms with Gasteiger partial charge in [-0.25, -0.2) is 0 Å². The zero-order valence-electron chi connectivity index (χ0n) is 7.88. The molecule has 0 spiro atoms. The average molecular weight is 278 g/mol. The number of ketones is 1. The Hall–Kier alpha value is -0.540. The van der Waals surface area contributed by atoms with E-state index in [0.29, 0.717) is 10.8 Å². The van der Waals surface area contributed by atoms with Crippen molar-refractivity contribution in [3.8, 4) is 5.75 Å². The minimum atomic E-state index is -0.438. The van der Waals surface area contributed by atoms with Crippen LogP contribution in [0.15, 0.2) is 22.7 Å². The van der Waals surface area contributed by atoms with Gasteiger partial charge in [-0.1, -0.05) is 11.6 Å².